The van der Waals surface area contributed by atoms with Crippen LogP contribution in [0.1, 0.15) is 12.8 Å². The molecule has 1 atom stereocenters. The molecule has 0 amide bonds. The van der Waals surface area contributed by atoms with Gasteiger partial charge in [-0.2, -0.15) is 21.6 Å². The fourth-order valence-electron chi connectivity index (χ4n) is 0.741. The van der Waals surface area contributed by atoms with E-state index in [1.54, 1.807) is 0 Å². The Morgan fingerprint density at radius 2 is 2.00 bits per heavy atom. The molecule has 84 valence electrons. The molecule has 1 rings (SSSR count). The Hall–Kier alpha value is -0.380. The largest absolute Gasteiger partial charge is 0.523 e. The standard InChI is InChI=1S/C5H7F3O5S/c6-5(7,8)14(9,10)13-4-2-1-3-11-12-4/h4H,1-3H2. The molecule has 0 N–H and O–H groups in total. The van der Waals surface area contributed by atoms with Crippen LogP contribution in [0.25, 0.3) is 0 Å². The molecule has 1 aliphatic rings. The lowest BCUT2D eigenvalue weighted by molar-refractivity contribution is -0.382. The van der Waals surface area contributed by atoms with Gasteiger partial charge in [0.05, 0.1) is 6.61 Å². The van der Waals surface area contributed by atoms with Crippen LogP contribution in [-0.4, -0.2) is 26.8 Å². The Kier molecular flexibility index (Phi) is 3.35. The molecule has 0 radical (unpaired) electrons. The van der Waals surface area contributed by atoms with Gasteiger partial charge in [-0.1, -0.05) is 0 Å². The third-order valence-corrected chi connectivity index (χ3v) is 2.40. The van der Waals surface area contributed by atoms with Crippen molar-refractivity contribution >= 4 is 10.1 Å². The van der Waals surface area contributed by atoms with Gasteiger partial charge in [-0.25, -0.2) is 14.0 Å². The first-order valence-corrected chi connectivity index (χ1v) is 5.01. The molecule has 1 unspecified atom stereocenters. The van der Waals surface area contributed by atoms with Gasteiger partial charge in [0.1, 0.15) is 0 Å². The molecule has 1 fully saturated rings. The molecule has 0 spiro atoms. The first-order chi connectivity index (χ1) is 6.33. The summed E-state index contributed by atoms with van der Waals surface area (Å²) < 4.78 is 60.0. The van der Waals surface area contributed by atoms with Gasteiger partial charge in [0.25, 0.3) is 0 Å². The maximum Gasteiger partial charge on any atom is 0.523 e. The molecule has 9 heteroatoms. The molecule has 0 aromatic rings. The lowest BCUT2D eigenvalue weighted by Gasteiger charge is -2.21. The van der Waals surface area contributed by atoms with Gasteiger partial charge in [-0.05, 0) is 6.42 Å². The highest BCUT2D eigenvalue weighted by Gasteiger charge is 2.49. The zero-order valence-electron chi connectivity index (χ0n) is 6.78. The average Bonchev–Trinajstić information content (AvgIpc) is 2.03. The molecule has 0 aromatic carbocycles. The first-order valence-electron chi connectivity index (χ1n) is 3.61. The zero-order valence-corrected chi connectivity index (χ0v) is 7.60. The Balaban J connectivity index is 2.58. The second kappa shape index (κ2) is 4.01. The molecule has 0 saturated carbocycles. The van der Waals surface area contributed by atoms with Crippen molar-refractivity contribution in [3.8, 4) is 0 Å². The Labute approximate surface area is 77.8 Å². The minimum absolute atomic E-state index is 0.0370. The van der Waals surface area contributed by atoms with Crippen molar-refractivity contribution < 1.29 is 35.5 Å². The third-order valence-electron chi connectivity index (χ3n) is 1.36. The predicted molar refractivity (Wildman–Crippen MR) is 36.1 cm³/mol. The second-order valence-corrected chi connectivity index (χ2v) is 4.05. The van der Waals surface area contributed by atoms with Crippen molar-refractivity contribution in [3.05, 3.63) is 0 Å². The Morgan fingerprint density at radius 3 is 2.43 bits per heavy atom. The molecule has 14 heavy (non-hydrogen) atoms. The summed E-state index contributed by atoms with van der Waals surface area (Å²) in [6.45, 7) is 0.200. The van der Waals surface area contributed by atoms with Gasteiger partial charge >= 0.3 is 15.6 Å². The highest BCUT2D eigenvalue weighted by atomic mass is 32.2. The van der Waals surface area contributed by atoms with E-state index in [0.717, 1.165) is 0 Å². The van der Waals surface area contributed by atoms with Gasteiger partial charge in [0.2, 0.25) is 6.29 Å². The summed E-state index contributed by atoms with van der Waals surface area (Å²) in [5.74, 6) is 0. The van der Waals surface area contributed by atoms with Gasteiger partial charge < -0.3 is 0 Å². The van der Waals surface area contributed by atoms with Crippen LogP contribution in [-0.2, 0) is 24.1 Å². The van der Waals surface area contributed by atoms with E-state index in [0.29, 0.717) is 6.42 Å². The second-order valence-electron chi connectivity index (χ2n) is 2.49. The minimum atomic E-state index is -5.60. The van der Waals surface area contributed by atoms with Crippen LogP contribution in [0.3, 0.4) is 0 Å². The van der Waals surface area contributed by atoms with Crippen molar-refractivity contribution in [1.29, 1.82) is 0 Å². The monoisotopic (exact) mass is 236 g/mol. The minimum Gasteiger partial charge on any atom is -0.234 e. The lowest BCUT2D eigenvalue weighted by Crippen LogP contribution is -2.33. The molecular formula is C5H7F3O5S. The van der Waals surface area contributed by atoms with Gasteiger partial charge in [-0.15, -0.1) is 0 Å². The van der Waals surface area contributed by atoms with E-state index in [4.69, 9.17) is 0 Å². The summed E-state index contributed by atoms with van der Waals surface area (Å²) in [5, 5.41) is 0. The van der Waals surface area contributed by atoms with Crippen LogP contribution in [0.5, 0.6) is 0 Å². The SMILES string of the molecule is O=S(=O)(OC1CCCOO1)C(F)(F)F. The van der Waals surface area contributed by atoms with Crippen LogP contribution in [0.15, 0.2) is 0 Å². The number of alkyl halides is 3. The average molecular weight is 236 g/mol. The highest BCUT2D eigenvalue weighted by Crippen LogP contribution is 2.27. The van der Waals surface area contributed by atoms with Crippen LogP contribution in [0.4, 0.5) is 13.2 Å². The van der Waals surface area contributed by atoms with Crippen molar-refractivity contribution in [2.45, 2.75) is 24.6 Å². The summed E-state index contributed by atoms with van der Waals surface area (Å²) in [5.41, 5.74) is -5.44. The fourth-order valence-corrected chi connectivity index (χ4v) is 1.26. The van der Waals surface area contributed by atoms with Gasteiger partial charge in [0, 0.05) is 6.42 Å². The quantitative estimate of drug-likeness (QED) is 0.405. The molecule has 1 saturated heterocycles. The topological polar surface area (TPSA) is 61.8 Å². The van der Waals surface area contributed by atoms with E-state index in [9.17, 15) is 21.6 Å². The predicted octanol–water partition coefficient (Wildman–Crippen LogP) is 0.921. The first kappa shape index (κ1) is 11.7. The Bertz CT molecular complexity index is 278. The van der Waals surface area contributed by atoms with E-state index >= 15 is 0 Å². The summed E-state index contributed by atoms with van der Waals surface area (Å²) in [6.07, 6.45) is -1.11. The van der Waals surface area contributed by atoms with Crippen LogP contribution >= 0.6 is 0 Å². The highest BCUT2D eigenvalue weighted by molar-refractivity contribution is 7.87. The number of hydrogen-bond donors (Lipinski definition) is 0. The summed E-state index contributed by atoms with van der Waals surface area (Å²) in [4.78, 5) is 8.49. The zero-order chi connectivity index (χ0) is 10.8. The molecule has 0 aliphatic carbocycles. The smallest absolute Gasteiger partial charge is 0.234 e. The summed E-state index contributed by atoms with van der Waals surface area (Å²) >= 11 is 0. The third kappa shape index (κ3) is 2.80. The van der Waals surface area contributed by atoms with E-state index in [-0.39, 0.29) is 13.0 Å². The molecule has 1 heterocycles. The van der Waals surface area contributed by atoms with Gasteiger partial charge in [-0.3, -0.25) is 0 Å². The Morgan fingerprint density at radius 1 is 1.36 bits per heavy atom. The maximum absolute atomic E-state index is 11.8. The van der Waals surface area contributed by atoms with Crippen molar-refractivity contribution in [2.75, 3.05) is 6.61 Å². The number of rotatable bonds is 2. The van der Waals surface area contributed by atoms with E-state index in [2.05, 4.69) is 14.0 Å². The van der Waals surface area contributed by atoms with E-state index in [1.165, 1.54) is 0 Å². The molecule has 5 nitrogen and oxygen atoms in total. The van der Waals surface area contributed by atoms with Gasteiger partial charge in [0.15, 0.2) is 0 Å². The normalized spacial score (nSPS) is 24.9. The van der Waals surface area contributed by atoms with Crippen LogP contribution < -0.4 is 0 Å². The summed E-state index contributed by atoms with van der Waals surface area (Å²) in [6, 6.07) is 0. The van der Waals surface area contributed by atoms with Crippen molar-refractivity contribution in [2.24, 2.45) is 0 Å². The molecule has 0 aromatic heterocycles. The number of halogens is 3. The number of hydrogen-bond acceptors (Lipinski definition) is 5. The van der Waals surface area contributed by atoms with Crippen LogP contribution in [0, 0.1) is 0 Å². The summed E-state index contributed by atoms with van der Waals surface area (Å²) in [7, 11) is -5.60. The lowest BCUT2D eigenvalue weighted by atomic mass is 10.3. The van der Waals surface area contributed by atoms with Crippen molar-refractivity contribution in [3.63, 3.8) is 0 Å². The van der Waals surface area contributed by atoms with E-state index in [1.807, 2.05) is 0 Å². The van der Waals surface area contributed by atoms with Crippen LogP contribution in [0.2, 0.25) is 0 Å². The molecule has 1 aliphatic heterocycles. The van der Waals surface area contributed by atoms with Crippen molar-refractivity contribution in [1.82, 2.24) is 0 Å². The molecule has 0 bridgehead atoms. The van der Waals surface area contributed by atoms with E-state index < -0.39 is 21.9 Å². The maximum atomic E-state index is 11.8. The molecular weight excluding hydrogens is 229 g/mol. The fraction of sp³-hybridized carbons (Fsp3) is 1.00.